The molecule has 1 aromatic carbocycles. The molecule has 1 aliphatic heterocycles. The molecule has 88 valence electrons. The largest absolute Gasteiger partial charge is 0.494 e. The number of rotatable bonds is 2. The maximum absolute atomic E-state index is 13.4. The molecule has 1 heterocycles. The Morgan fingerprint density at radius 3 is 2.82 bits per heavy atom. The molecular formula is C11H9FN2O2S. The third-order valence-corrected chi connectivity index (χ3v) is 2.97. The summed E-state index contributed by atoms with van der Waals surface area (Å²) in [7, 11) is 1.39. The van der Waals surface area contributed by atoms with Crippen LogP contribution in [0, 0.1) is 11.2 Å². The van der Waals surface area contributed by atoms with Crippen molar-refractivity contribution in [3.63, 3.8) is 0 Å². The molecule has 1 aromatic rings. The van der Waals surface area contributed by atoms with Gasteiger partial charge in [0, 0.05) is 0 Å². The highest BCUT2D eigenvalue weighted by atomic mass is 32.2. The van der Waals surface area contributed by atoms with Crippen molar-refractivity contribution < 1.29 is 13.9 Å². The molecular weight excluding hydrogens is 243 g/mol. The van der Waals surface area contributed by atoms with E-state index in [0.717, 1.165) is 11.8 Å². The van der Waals surface area contributed by atoms with Crippen LogP contribution in [0.25, 0.3) is 6.08 Å². The third kappa shape index (κ3) is 2.47. The van der Waals surface area contributed by atoms with Crippen LogP contribution in [0.1, 0.15) is 5.56 Å². The van der Waals surface area contributed by atoms with Gasteiger partial charge in [-0.15, -0.1) is 0 Å². The Balaban J connectivity index is 2.30. The molecule has 0 unspecified atom stereocenters. The number of methoxy groups -OCH3 is 1. The standard InChI is InChI=1S/C11H9FN2O2S/c1-16-8-3-2-6(4-7(8)12)5-9-10(15)14-11(13)17-9/h2-5H,1H3,(H2,13,14,15)/b9-5-. The third-order valence-electron chi connectivity index (χ3n) is 2.14. The summed E-state index contributed by atoms with van der Waals surface area (Å²) in [6.45, 7) is 0. The van der Waals surface area contributed by atoms with Crippen LogP contribution in [-0.4, -0.2) is 18.2 Å². The van der Waals surface area contributed by atoms with Gasteiger partial charge >= 0.3 is 0 Å². The van der Waals surface area contributed by atoms with Crippen molar-refractivity contribution in [3.05, 3.63) is 34.5 Å². The number of carbonyl (C=O) groups is 1. The number of amidine groups is 1. The number of hydrogen-bond donors (Lipinski definition) is 2. The molecule has 0 radical (unpaired) electrons. The zero-order chi connectivity index (χ0) is 12.4. The molecule has 2 rings (SSSR count). The van der Waals surface area contributed by atoms with Crippen LogP contribution < -0.4 is 10.1 Å². The van der Waals surface area contributed by atoms with E-state index in [0.29, 0.717) is 10.5 Å². The summed E-state index contributed by atoms with van der Waals surface area (Å²) < 4.78 is 18.2. The van der Waals surface area contributed by atoms with Crippen LogP contribution in [0.15, 0.2) is 23.1 Å². The van der Waals surface area contributed by atoms with E-state index in [1.165, 1.54) is 25.3 Å². The lowest BCUT2D eigenvalue weighted by molar-refractivity contribution is -0.115. The quantitative estimate of drug-likeness (QED) is 0.791. The summed E-state index contributed by atoms with van der Waals surface area (Å²) >= 11 is 1.01. The predicted octanol–water partition coefficient (Wildman–Crippen LogP) is 1.97. The Hall–Kier alpha value is -1.82. The SMILES string of the molecule is COc1ccc(/C=C2\SC(=N)NC2=O)cc1F. The zero-order valence-electron chi connectivity index (χ0n) is 8.91. The fourth-order valence-corrected chi connectivity index (χ4v) is 2.07. The van der Waals surface area contributed by atoms with Gasteiger partial charge in [0.2, 0.25) is 0 Å². The number of nitrogens with one attached hydrogen (secondary N) is 2. The lowest BCUT2D eigenvalue weighted by Crippen LogP contribution is -2.18. The van der Waals surface area contributed by atoms with Crippen molar-refractivity contribution in [2.75, 3.05) is 7.11 Å². The van der Waals surface area contributed by atoms with Crippen molar-refractivity contribution in [1.82, 2.24) is 5.32 Å². The van der Waals surface area contributed by atoms with Gasteiger partial charge in [0.15, 0.2) is 16.7 Å². The van der Waals surface area contributed by atoms with Crippen LogP contribution >= 0.6 is 11.8 Å². The van der Waals surface area contributed by atoms with E-state index in [2.05, 4.69) is 5.32 Å². The zero-order valence-corrected chi connectivity index (χ0v) is 9.73. The van der Waals surface area contributed by atoms with Crippen molar-refractivity contribution in [3.8, 4) is 5.75 Å². The maximum Gasteiger partial charge on any atom is 0.264 e. The van der Waals surface area contributed by atoms with Gasteiger partial charge in [-0.3, -0.25) is 10.2 Å². The Bertz CT molecular complexity index is 528. The second-order valence-corrected chi connectivity index (χ2v) is 4.34. The van der Waals surface area contributed by atoms with Gasteiger partial charge in [0.1, 0.15) is 0 Å². The van der Waals surface area contributed by atoms with Gasteiger partial charge in [-0.2, -0.15) is 0 Å². The van der Waals surface area contributed by atoms with Gasteiger partial charge in [-0.1, -0.05) is 6.07 Å². The molecule has 0 aromatic heterocycles. The number of halogens is 1. The molecule has 0 atom stereocenters. The molecule has 0 saturated carbocycles. The second kappa shape index (κ2) is 4.58. The molecule has 1 aliphatic rings. The average molecular weight is 252 g/mol. The average Bonchev–Trinajstić information content (AvgIpc) is 2.58. The molecule has 1 amide bonds. The van der Waals surface area contributed by atoms with Crippen LogP contribution in [0.2, 0.25) is 0 Å². The van der Waals surface area contributed by atoms with E-state index in [4.69, 9.17) is 10.1 Å². The maximum atomic E-state index is 13.4. The molecule has 6 heteroatoms. The van der Waals surface area contributed by atoms with Gasteiger partial charge in [-0.25, -0.2) is 4.39 Å². The Kier molecular flexibility index (Phi) is 3.14. The van der Waals surface area contributed by atoms with Crippen LogP contribution in [0.4, 0.5) is 4.39 Å². The van der Waals surface area contributed by atoms with E-state index < -0.39 is 5.82 Å². The molecule has 17 heavy (non-hydrogen) atoms. The Morgan fingerprint density at radius 1 is 1.53 bits per heavy atom. The highest BCUT2D eigenvalue weighted by Gasteiger charge is 2.22. The topological polar surface area (TPSA) is 62.2 Å². The number of amides is 1. The molecule has 0 bridgehead atoms. The van der Waals surface area contributed by atoms with Gasteiger partial charge in [0.05, 0.1) is 12.0 Å². The summed E-state index contributed by atoms with van der Waals surface area (Å²) in [5.41, 5.74) is 0.552. The number of ether oxygens (including phenoxy) is 1. The highest BCUT2D eigenvalue weighted by molar-refractivity contribution is 8.18. The van der Waals surface area contributed by atoms with E-state index >= 15 is 0 Å². The molecule has 1 fully saturated rings. The van der Waals surface area contributed by atoms with Gasteiger partial charge in [-0.05, 0) is 35.5 Å². The van der Waals surface area contributed by atoms with Crippen LogP contribution in [0.3, 0.4) is 0 Å². The fraction of sp³-hybridized carbons (Fsp3) is 0.0909. The minimum atomic E-state index is -0.486. The van der Waals surface area contributed by atoms with E-state index in [1.54, 1.807) is 6.07 Å². The number of hydrogen-bond acceptors (Lipinski definition) is 4. The van der Waals surface area contributed by atoms with Crippen molar-refractivity contribution in [2.45, 2.75) is 0 Å². The fourth-order valence-electron chi connectivity index (χ4n) is 1.37. The van der Waals surface area contributed by atoms with Crippen molar-refractivity contribution in [2.24, 2.45) is 0 Å². The Morgan fingerprint density at radius 2 is 2.29 bits per heavy atom. The Labute approximate surface area is 101 Å². The monoisotopic (exact) mass is 252 g/mol. The first kappa shape index (κ1) is 11.7. The predicted molar refractivity (Wildman–Crippen MR) is 64.4 cm³/mol. The van der Waals surface area contributed by atoms with Gasteiger partial charge in [0.25, 0.3) is 5.91 Å². The number of carbonyl (C=O) groups excluding carboxylic acids is 1. The van der Waals surface area contributed by atoms with Gasteiger partial charge < -0.3 is 10.1 Å². The van der Waals surface area contributed by atoms with Crippen LogP contribution in [-0.2, 0) is 4.79 Å². The molecule has 0 aliphatic carbocycles. The van der Waals surface area contributed by atoms with E-state index in [1.807, 2.05) is 0 Å². The molecule has 4 nitrogen and oxygen atoms in total. The summed E-state index contributed by atoms with van der Waals surface area (Å²) in [6.07, 6.45) is 1.53. The lowest BCUT2D eigenvalue weighted by Gasteiger charge is -2.02. The number of thioether (sulfide) groups is 1. The summed E-state index contributed by atoms with van der Waals surface area (Å²) in [5.74, 6) is -0.667. The first-order valence-electron chi connectivity index (χ1n) is 4.73. The smallest absolute Gasteiger partial charge is 0.264 e. The summed E-state index contributed by atoms with van der Waals surface area (Å²) in [4.78, 5) is 11.7. The van der Waals surface area contributed by atoms with E-state index in [-0.39, 0.29) is 16.8 Å². The molecule has 1 saturated heterocycles. The van der Waals surface area contributed by atoms with E-state index in [9.17, 15) is 9.18 Å². The minimum Gasteiger partial charge on any atom is -0.494 e. The number of benzene rings is 1. The second-order valence-electron chi connectivity index (χ2n) is 3.29. The lowest BCUT2D eigenvalue weighted by atomic mass is 10.2. The first-order valence-corrected chi connectivity index (χ1v) is 5.55. The van der Waals surface area contributed by atoms with Crippen molar-refractivity contribution >= 4 is 28.9 Å². The van der Waals surface area contributed by atoms with Crippen molar-refractivity contribution in [1.29, 1.82) is 5.41 Å². The summed E-state index contributed by atoms with van der Waals surface area (Å²) in [6, 6.07) is 4.41. The highest BCUT2D eigenvalue weighted by Crippen LogP contribution is 2.26. The molecule has 2 N–H and O–H groups in total. The normalized spacial score (nSPS) is 17.4. The first-order chi connectivity index (χ1) is 8.10. The van der Waals surface area contributed by atoms with Crippen LogP contribution in [0.5, 0.6) is 5.75 Å². The summed E-state index contributed by atoms with van der Waals surface area (Å²) in [5, 5.41) is 9.70. The molecule has 0 spiro atoms. The minimum absolute atomic E-state index is 0.0789.